The summed E-state index contributed by atoms with van der Waals surface area (Å²) < 4.78 is 31.2. The summed E-state index contributed by atoms with van der Waals surface area (Å²) in [6.45, 7) is 2.92. The molecule has 0 unspecified atom stereocenters. The summed E-state index contributed by atoms with van der Waals surface area (Å²) in [5.41, 5.74) is 0.624. The fourth-order valence-electron chi connectivity index (χ4n) is 1.56. The maximum atomic E-state index is 13.1. The number of halogens is 2. The Morgan fingerprint density at radius 1 is 1.15 bits per heavy atom. The molecule has 2 rings (SSSR count). The lowest BCUT2D eigenvalue weighted by Gasteiger charge is -2.08. The van der Waals surface area contributed by atoms with Gasteiger partial charge in [-0.2, -0.15) is 0 Å². The van der Waals surface area contributed by atoms with Crippen molar-refractivity contribution in [2.45, 2.75) is 19.9 Å². The highest BCUT2D eigenvalue weighted by Crippen LogP contribution is 2.14. The molecular formula is C14H15F2N3O. The predicted molar refractivity (Wildman–Crippen MR) is 71.5 cm³/mol. The molecule has 0 bridgehead atoms. The van der Waals surface area contributed by atoms with Crippen molar-refractivity contribution in [3.63, 3.8) is 0 Å². The Balaban J connectivity index is 1.97. The van der Waals surface area contributed by atoms with E-state index in [1.54, 1.807) is 6.07 Å². The minimum atomic E-state index is -0.862. The first-order chi connectivity index (χ1) is 9.69. The van der Waals surface area contributed by atoms with Crippen LogP contribution in [0.3, 0.4) is 0 Å². The van der Waals surface area contributed by atoms with E-state index in [2.05, 4.69) is 15.3 Å². The zero-order valence-electron chi connectivity index (χ0n) is 11.1. The van der Waals surface area contributed by atoms with Gasteiger partial charge in [0, 0.05) is 12.6 Å². The van der Waals surface area contributed by atoms with Gasteiger partial charge in [0.1, 0.15) is 12.1 Å². The van der Waals surface area contributed by atoms with E-state index in [1.807, 2.05) is 6.92 Å². The molecule has 6 heteroatoms. The first kappa shape index (κ1) is 14.2. The number of nitrogens with one attached hydrogen (secondary N) is 1. The average molecular weight is 279 g/mol. The van der Waals surface area contributed by atoms with Crippen molar-refractivity contribution >= 4 is 5.82 Å². The van der Waals surface area contributed by atoms with E-state index in [0.717, 1.165) is 18.6 Å². The van der Waals surface area contributed by atoms with Crippen molar-refractivity contribution in [2.75, 3.05) is 11.9 Å². The van der Waals surface area contributed by atoms with Gasteiger partial charge in [-0.25, -0.2) is 18.7 Å². The number of ether oxygens (including phenoxy) is 1. The van der Waals surface area contributed by atoms with Crippen molar-refractivity contribution in [1.29, 1.82) is 0 Å². The number of hydrogen-bond donors (Lipinski definition) is 1. The Kier molecular flexibility index (Phi) is 4.81. The Hall–Kier alpha value is -2.24. The fraction of sp³-hybridized carbons (Fsp3) is 0.286. The quantitative estimate of drug-likeness (QED) is 0.882. The van der Waals surface area contributed by atoms with E-state index >= 15 is 0 Å². The Morgan fingerprint density at radius 3 is 2.75 bits per heavy atom. The number of nitrogens with zero attached hydrogens (tertiary/aromatic N) is 2. The molecule has 0 radical (unpaired) electrons. The van der Waals surface area contributed by atoms with Crippen molar-refractivity contribution in [1.82, 2.24) is 9.97 Å². The lowest BCUT2D eigenvalue weighted by molar-refractivity contribution is 0.305. The first-order valence-corrected chi connectivity index (χ1v) is 6.31. The normalized spacial score (nSPS) is 10.3. The number of anilines is 1. The second-order valence-corrected chi connectivity index (χ2v) is 4.19. The molecule has 0 aliphatic carbocycles. The molecule has 0 aliphatic heterocycles. The zero-order chi connectivity index (χ0) is 14.4. The van der Waals surface area contributed by atoms with Crippen LogP contribution in [0.5, 0.6) is 5.88 Å². The second-order valence-electron chi connectivity index (χ2n) is 4.19. The van der Waals surface area contributed by atoms with Gasteiger partial charge in [-0.15, -0.1) is 0 Å². The lowest BCUT2D eigenvalue weighted by Crippen LogP contribution is -2.04. The Labute approximate surface area is 115 Å². The van der Waals surface area contributed by atoms with Crippen LogP contribution in [0.15, 0.2) is 30.6 Å². The van der Waals surface area contributed by atoms with Crippen molar-refractivity contribution < 1.29 is 13.5 Å². The molecule has 0 saturated carbocycles. The SMILES string of the molecule is CCCOc1cc(NCc2ccc(F)c(F)c2)ncn1. The number of hydrogen-bond acceptors (Lipinski definition) is 4. The van der Waals surface area contributed by atoms with Gasteiger partial charge in [0.25, 0.3) is 0 Å². The van der Waals surface area contributed by atoms with Crippen molar-refractivity contribution in [3.05, 3.63) is 47.8 Å². The van der Waals surface area contributed by atoms with Gasteiger partial charge in [-0.05, 0) is 24.1 Å². The van der Waals surface area contributed by atoms with E-state index in [4.69, 9.17) is 4.74 Å². The third kappa shape index (κ3) is 3.88. The van der Waals surface area contributed by atoms with Crippen molar-refractivity contribution in [2.24, 2.45) is 0 Å². The summed E-state index contributed by atoms with van der Waals surface area (Å²) in [4.78, 5) is 8.01. The number of rotatable bonds is 6. The van der Waals surface area contributed by atoms with Gasteiger partial charge in [0.15, 0.2) is 11.6 Å². The van der Waals surface area contributed by atoms with Gasteiger partial charge in [0.2, 0.25) is 5.88 Å². The summed E-state index contributed by atoms with van der Waals surface area (Å²) in [7, 11) is 0. The summed E-state index contributed by atoms with van der Waals surface area (Å²) in [6, 6.07) is 5.43. The molecule has 1 aromatic carbocycles. The summed E-state index contributed by atoms with van der Waals surface area (Å²) in [6.07, 6.45) is 2.28. The largest absolute Gasteiger partial charge is 0.478 e. The van der Waals surface area contributed by atoms with Crippen molar-refractivity contribution in [3.8, 4) is 5.88 Å². The van der Waals surface area contributed by atoms with Crippen LogP contribution in [0, 0.1) is 11.6 Å². The average Bonchev–Trinajstić information content (AvgIpc) is 2.47. The van der Waals surface area contributed by atoms with Gasteiger partial charge < -0.3 is 10.1 Å². The van der Waals surface area contributed by atoms with E-state index in [9.17, 15) is 8.78 Å². The third-order valence-corrected chi connectivity index (χ3v) is 2.55. The molecule has 0 spiro atoms. The van der Waals surface area contributed by atoms with E-state index < -0.39 is 11.6 Å². The third-order valence-electron chi connectivity index (χ3n) is 2.55. The number of aromatic nitrogens is 2. The van der Waals surface area contributed by atoms with Crippen LogP contribution in [0.1, 0.15) is 18.9 Å². The molecule has 0 fully saturated rings. The molecule has 2 aromatic rings. The molecule has 4 nitrogen and oxygen atoms in total. The summed E-state index contributed by atoms with van der Waals surface area (Å²) in [5, 5.41) is 3.00. The summed E-state index contributed by atoms with van der Waals surface area (Å²) in [5.74, 6) is -0.671. The summed E-state index contributed by atoms with van der Waals surface area (Å²) >= 11 is 0. The monoisotopic (exact) mass is 279 g/mol. The first-order valence-electron chi connectivity index (χ1n) is 6.31. The number of benzene rings is 1. The van der Waals surface area contributed by atoms with Crippen LogP contribution in [0.4, 0.5) is 14.6 Å². The topological polar surface area (TPSA) is 47.0 Å². The maximum absolute atomic E-state index is 13.1. The fourth-order valence-corrected chi connectivity index (χ4v) is 1.56. The van der Waals surface area contributed by atoms with Crippen LogP contribution in [-0.2, 0) is 6.54 Å². The highest BCUT2D eigenvalue weighted by atomic mass is 19.2. The van der Waals surface area contributed by atoms with Crippen LogP contribution in [-0.4, -0.2) is 16.6 Å². The Bertz CT molecular complexity index is 578. The predicted octanol–water partition coefficient (Wildman–Crippen LogP) is 3.16. The molecule has 0 saturated heterocycles. The van der Waals surface area contributed by atoms with Gasteiger partial charge in [-0.1, -0.05) is 13.0 Å². The maximum Gasteiger partial charge on any atom is 0.218 e. The zero-order valence-corrected chi connectivity index (χ0v) is 11.1. The van der Waals surface area contributed by atoms with Crippen LogP contribution in [0.2, 0.25) is 0 Å². The highest BCUT2D eigenvalue weighted by Gasteiger charge is 2.03. The molecule has 1 aromatic heterocycles. The highest BCUT2D eigenvalue weighted by molar-refractivity contribution is 5.38. The molecular weight excluding hydrogens is 264 g/mol. The molecule has 0 atom stereocenters. The van der Waals surface area contributed by atoms with E-state index in [-0.39, 0.29) is 0 Å². The molecule has 20 heavy (non-hydrogen) atoms. The van der Waals surface area contributed by atoms with E-state index in [0.29, 0.717) is 30.4 Å². The van der Waals surface area contributed by atoms with Gasteiger partial charge in [0.05, 0.1) is 6.61 Å². The van der Waals surface area contributed by atoms with E-state index in [1.165, 1.54) is 12.4 Å². The smallest absolute Gasteiger partial charge is 0.218 e. The lowest BCUT2D eigenvalue weighted by atomic mass is 10.2. The van der Waals surface area contributed by atoms with Gasteiger partial charge >= 0.3 is 0 Å². The Morgan fingerprint density at radius 2 is 2.00 bits per heavy atom. The molecule has 1 heterocycles. The van der Waals surface area contributed by atoms with Gasteiger partial charge in [-0.3, -0.25) is 0 Å². The molecule has 1 N–H and O–H groups in total. The van der Waals surface area contributed by atoms with Crippen LogP contribution < -0.4 is 10.1 Å². The minimum absolute atomic E-state index is 0.335. The standard InChI is InChI=1S/C14H15F2N3O/c1-2-5-20-14-7-13(18-9-19-14)17-8-10-3-4-11(15)12(16)6-10/h3-4,6-7,9H,2,5,8H2,1H3,(H,17,18,19). The minimum Gasteiger partial charge on any atom is -0.478 e. The van der Waals surface area contributed by atoms with Crippen LogP contribution >= 0.6 is 0 Å². The second kappa shape index (κ2) is 6.79. The molecule has 0 amide bonds. The van der Waals surface area contributed by atoms with Crippen LogP contribution in [0.25, 0.3) is 0 Å². The molecule has 0 aliphatic rings. The molecule has 106 valence electrons.